The molecule has 2 aliphatic rings. The molecule has 28 heavy (non-hydrogen) atoms. The van der Waals surface area contributed by atoms with Crippen LogP contribution >= 0.6 is 15.9 Å². The zero-order valence-corrected chi connectivity index (χ0v) is 17.2. The van der Waals surface area contributed by atoms with E-state index >= 15 is 0 Å². The van der Waals surface area contributed by atoms with Crippen LogP contribution in [0.2, 0.25) is 0 Å². The Bertz CT molecular complexity index is 835. The largest absolute Gasteiger partial charge is 0.353 e. The van der Waals surface area contributed by atoms with Gasteiger partial charge in [-0.2, -0.15) is 0 Å². The number of pyridine rings is 1. The molecule has 2 amide bonds. The predicted molar refractivity (Wildman–Crippen MR) is 111 cm³/mol. The number of benzene rings is 1. The Morgan fingerprint density at radius 3 is 2.39 bits per heavy atom. The fourth-order valence-electron chi connectivity index (χ4n) is 3.93. The standard InChI is InChI=1S/C21H23BrN4O2/c22-17-8-9-19(23-15-17)24-11-13-25(14-12-24)21(28)18-7-4-10-26(18)20(27)16-5-2-1-3-6-16/h1-3,5-6,8-9,15,18H,4,7,10-14H2. The molecule has 2 fully saturated rings. The van der Waals surface area contributed by atoms with E-state index in [-0.39, 0.29) is 17.9 Å². The Morgan fingerprint density at radius 1 is 0.964 bits per heavy atom. The first kappa shape index (κ1) is 18.9. The maximum atomic E-state index is 13.1. The lowest BCUT2D eigenvalue weighted by Crippen LogP contribution is -2.54. The Morgan fingerprint density at radius 2 is 1.71 bits per heavy atom. The summed E-state index contributed by atoms with van der Waals surface area (Å²) < 4.78 is 0.953. The zero-order valence-electron chi connectivity index (χ0n) is 15.6. The summed E-state index contributed by atoms with van der Waals surface area (Å²) in [5, 5.41) is 0. The van der Waals surface area contributed by atoms with Crippen molar-refractivity contribution in [1.29, 1.82) is 0 Å². The normalized spacial score (nSPS) is 19.8. The van der Waals surface area contributed by atoms with Gasteiger partial charge in [0.1, 0.15) is 11.9 Å². The Hall–Kier alpha value is -2.41. The average Bonchev–Trinajstić information content (AvgIpc) is 3.24. The summed E-state index contributed by atoms with van der Waals surface area (Å²) in [6.07, 6.45) is 3.40. The molecule has 0 aliphatic carbocycles. The third kappa shape index (κ3) is 3.90. The van der Waals surface area contributed by atoms with E-state index in [1.165, 1.54) is 0 Å². The van der Waals surface area contributed by atoms with E-state index in [2.05, 4.69) is 25.8 Å². The van der Waals surface area contributed by atoms with Crippen molar-refractivity contribution in [2.45, 2.75) is 18.9 Å². The van der Waals surface area contributed by atoms with Crippen LogP contribution < -0.4 is 4.90 Å². The number of aromatic nitrogens is 1. The lowest BCUT2D eigenvalue weighted by molar-refractivity contribution is -0.135. The van der Waals surface area contributed by atoms with Gasteiger partial charge in [0.15, 0.2) is 0 Å². The van der Waals surface area contributed by atoms with E-state index in [1.807, 2.05) is 47.4 Å². The highest BCUT2D eigenvalue weighted by Gasteiger charge is 2.37. The van der Waals surface area contributed by atoms with Gasteiger partial charge in [0, 0.05) is 49.0 Å². The molecule has 3 heterocycles. The summed E-state index contributed by atoms with van der Waals surface area (Å²) in [6, 6.07) is 12.8. The molecule has 4 rings (SSSR count). The van der Waals surface area contributed by atoms with Crippen LogP contribution in [-0.4, -0.2) is 65.4 Å². The number of halogens is 1. The molecular weight excluding hydrogens is 420 g/mol. The molecule has 146 valence electrons. The number of piperazine rings is 1. The summed E-state index contributed by atoms with van der Waals surface area (Å²) in [5.41, 5.74) is 0.647. The summed E-state index contributed by atoms with van der Waals surface area (Å²) in [6.45, 7) is 3.45. The van der Waals surface area contributed by atoms with Crippen molar-refractivity contribution >= 4 is 33.6 Å². The molecule has 1 aromatic heterocycles. The van der Waals surface area contributed by atoms with Gasteiger partial charge in [0.05, 0.1) is 0 Å². The second-order valence-electron chi connectivity index (χ2n) is 7.17. The summed E-state index contributed by atoms with van der Waals surface area (Å²) >= 11 is 3.40. The van der Waals surface area contributed by atoms with E-state index < -0.39 is 0 Å². The first-order valence-corrected chi connectivity index (χ1v) is 10.4. The number of nitrogens with zero attached hydrogens (tertiary/aromatic N) is 4. The van der Waals surface area contributed by atoms with Gasteiger partial charge in [-0.05, 0) is 53.0 Å². The first-order chi connectivity index (χ1) is 13.6. The molecule has 0 N–H and O–H groups in total. The van der Waals surface area contributed by atoms with Crippen LogP contribution in [0.25, 0.3) is 0 Å². The van der Waals surface area contributed by atoms with Crippen molar-refractivity contribution in [3.05, 3.63) is 58.7 Å². The second kappa shape index (κ2) is 8.31. The second-order valence-corrected chi connectivity index (χ2v) is 8.09. The van der Waals surface area contributed by atoms with E-state index in [1.54, 1.807) is 11.1 Å². The van der Waals surface area contributed by atoms with Crippen molar-refractivity contribution in [3.63, 3.8) is 0 Å². The number of carbonyl (C=O) groups is 2. The minimum Gasteiger partial charge on any atom is -0.353 e. The monoisotopic (exact) mass is 442 g/mol. The van der Waals surface area contributed by atoms with Crippen LogP contribution in [0.1, 0.15) is 23.2 Å². The van der Waals surface area contributed by atoms with Crippen LogP contribution in [0.15, 0.2) is 53.1 Å². The molecular formula is C21H23BrN4O2. The van der Waals surface area contributed by atoms with E-state index in [0.29, 0.717) is 25.2 Å². The fraction of sp³-hybridized carbons (Fsp3) is 0.381. The van der Waals surface area contributed by atoms with Crippen molar-refractivity contribution < 1.29 is 9.59 Å². The van der Waals surface area contributed by atoms with Gasteiger partial charge in [0.2, 0.25) is 5.91 Å². The maximum absolute atomic E-state index is 13.1. The lowest BCUT2D eigenvalue weighted by atomic mass is 10.1. The smallest absolute Gasteiger partial charge is 0.254 e. The van der Waals surface area contributed by atoms with Crippen molar-refractivity contribution in [3.8, 4) is 0 Å². The average molecular weight is 443 g/mol. The molecule has 0 spiro atoms. The number of hydrogen-bond acceptors (Lipinski definition) is 4. The highest BCUT2D eigenvalue weighted by Crippen LogP contribution is 2.23. The molecule has 0 bridgehead atoms. The van der Waals surface area contributed by atoms with E-state index in [9.17, 15) is 9.59 Å². The van der Waals surface area contributed by atoms with E-state index in [0.717, 1.165) is 36.2 Å². The van der Waals surface area contributed by atoms with Crippen LogP contribution in [0.4, 0.5) is 5.82 Å². The number of likely N-dealkylation sites (tertiary alicyclic amines) is 1. The van der Waals surface area contributed by atoms with Crippen LogP contribution in [0, 0.1) is 0 Å². The SMILES string of the molecule is O=C(C1CCCN1C(=O)c1ccccc1)N1CCN(c2ccc(Br)cn2)CC1. The fourth-order valence-corrected chi connectivity index (χ4v) is 4.17. The molecule has 2 saturated heterocycles. The minimum absolute atomic E-state index is 0.0471. The number of hydrogen-bond donors (Lipinski definition) is 0. The van der Waals surface area contributed by atoms with Crippen LogP contribution in [0.5, 0.6) is 0 Å². The maximum Gasteiger partial charge on any atom is 0.254 e. The quantitative estimate of drug-likeness (QED) is 0.732. The first-order valence-electron chi connectivity index (χ1n) is 9.65. The molecule has 7 heteroatoms. The Labute approximate surface area is 173 Å². The van der Waals surface area contributed by atoms with Gasteiger partial charge in [-0.3, -0.25) is 9.59 Å². The van der Waals surface area contributed by atoms with Crippen molar-refractivity contribution in [2.24, 2.45) is 0 Å². The third-order valence-corrected chi connectivity index (χ3v) is 5.92. The third-order valence-electron chi connectivity index (χ3n) is 5.45. The molecule has 1 atom stereocenters. The van der Waals surface area contributed by atoms with Gasteiger partial charge < -0.3 is 14.7 Å². The zero-order chi connectivity index (χ0) is 19.5. The summed E-state index contributed by atoms with van der Waals surface area (Å²) in [5.74, 6) is 0.955. The van der Waals surface area contributed by atoms with Crippen molar-refractivity contribution in [1.82, 2.24) is 14.8 Å². The topological polar surface area (TPSA) is 56.8 Å². The Balaban J connectivity index is 1.39. The molecule has 2 aromatic rings. The molecule has 1 aromatic carbocycles. The number of amides is 2. The van der Waals surface area contributed by atoms with Crippen LogP contribution in [-0.2, 0) is 4.79 Å². The molecule has 0 saturated carbocycles. The number of rotatable bonds is 3. The lowest BCUT2D eigenvalue weighted by Gasteiger charge is -2.37. The van der Waals surface area contributed by atoms with E-state index in [4.69, 9.17) is 0 Å². The number of carbonyl (C=O) groups excluding carboxylic acids is 2. The van der Waals surface area contributed by atoms with Gasteiger partial charge in [-0.25, -0.2) is 4.98 Å². The summed E-state index contributed by atoms with van der Waals surface area (Å²) in [4.78, 5) is 36.3. The van der Waals surface area contributed by atoms with Gasteiger partial charge in [0.25, 0.3) is 5.91 Å². The van der Waals surface area contributed by atoms with Crippen LogP contribution in [0.3, 0.4) is 0 Å². The highest BCUT2D eigenvalue weighted by molar-refractivity contribution is 9.10. The molecule has 0 radical (unpaired) electrons. The Kier molecular flexibility index (Phi) is 5.62. The van der Waals surface area contributed by atoms with Crippen molar-refractivity contribution in [2.75, 3.05) is 37.6 Å². The minimum atomic E-state index is -0.343. The molecule has 1 unspecified atom stereocenters. The molecule has 6 nitrogen and oxygen atoms in total. The summed E-state index contributed by atoms with van der Waals surface area (Å²) in [7, 11) is 0. The number of anilines is 1. The van der Waals surface area contributed by atoms with Gasteiger partial charge in [-0.1, -0.05) is 18.2 Å². The predicted octanol–water partition coefficient (Wildman–Crippen LogP) is 2.80. The van der Waals surface area contributed by atoms with Gasteiger partial charge >= 0.3 is 0 Å². The highest BCUT2D eigenvalue weighted by atomic mass is 79.9. The van der Waals surface area contributed by atoms with Gasteiger partial charge in [-0.15, -0.1) is 0 Å². The molecule has 2 aliphatic heterocycles.